The van der Waals surface area contributed by atoms with E-state index < -0.39 is 6.09 Å². The van der Waals surface area contributed by atoms with Gasteiger partial charge in [0, 0.05) is 26.2 Å². The van der Waals surface area contributed by atoms with Crippen molar-refractivity contribution in [2.24, 2.45) is 0 Å². The summed E-state index contributed by atoms with van der Waals surface area (Å²) < 4.78 is 20.3. The molecule has 2 saturated heterocycles. The molecule has 1 atom stereocenters. The van der Waals surface area contributed by atoms with Crippen LogP contribution in [0.2, 0.25) is 5.02 Å². The number of hydrogen-bond acceptors (Lipinski definition) is 6. The zero-order valence-electron chi connectivity index (χ0n) is 17.3. The molecule has 11 heteroatoms. The Hall–Kier alpha value is -2.01. The predicted molar refractivity (Wildman–Crippen MR) is 135 cm³/mol. The summed E-state index contributed by atoms with van der Waals surface area (Å²) in [6.45, 7) is 5.17. The van der Waals surface area contributed by atoms with Gasteiger partial charge in [0.1, 0.15) is 16.9 Å². The molecule has 4 rings (SSSR count). The maximum Gasteiger partial charge on any atom is 0.414 e. The monoisotopic (exact) mass is 512 g/mol. The van der Waals surface area contributed by atoms with Crippen molar-refractivity contribution >= 4 is 74.8 Å². The number of nitrogens with one attached hydrogen (secondary N) is 1. The van der Waals surface area contributed by atoms with Gasteiger partial charge >= 0.3 is 6.09 Å². The molecule has 2 fully saturated rings. The number of ether oxygens (including phenoxy) is 1. The standard InChI is InChI=1S/C21H22ClFN4O2S3/c1-13(30)24-11-15-12-27(21(28)29-15)14-2-3-18(17(23)10-14)25-5-7-26(8-6-25)20(31)19-16(22)4-9-32-19/h2-4,9-10,15H,5-8,11-12H2,1H3,(H,24,30). The summed E-state index contributed by atoms with van der Waals surface area (Å²) >= 11 is 18.3. The highest BCUT2D eigenvalue weighted by Gasteiger charge is 2.33. The molecule has 2 aliphatic heterocycles. The van der Waals surface area contributed by atoms with Gasteiger partial charge in [-0.15, -0.1) is 11.3 Å². The highest BCUT2D eigenvalue weighted by Crippen LogP contribution is 2.29. The van der Waals surface area contributed by atoms with Gasteiger partial charge in [0.15, 0.2) is 0 Å². The van der Waals surface area contributed by atoms with Crippen molar-refractivity contribution in [3.05, 3.63) is 45.4 Å². The number of cyclic esters (lactones) is 1. The van der Waals surface area contributed by atoms with Crippen LogP contribution in [0.1, 0.15) is 11.8 Å². The molecule has 2 aromatic rings. The predicted octanol–water partition coefficient (Wildman–Crippen LogP) is 4.30. The number of carbonyl (C=O) groups excluding carboxylic acids is 1. The highest BCUT2D eigenvalue weighted by molar-refractivity contribution is 7.81. The number of halogens is 2. The molecular weight excluding hydrogens is 491 g/mol. The van der Waals surface area contributed by atoms with Crippen molar-refractivity contribution in [2.45, 2.75) is 13.0 Å². The molecule has 1 aromatic carbocycles. The van der Waals surface area contributed by atoms with Crippen LogP contribution in [0, 0.1) is 5.82 Å². The number of rotatable bonds is 5. The average Bonchev–Trinajstić information content (AvgIpc) is 3.37. The Morgan fingerprint density at radius 3 is 2.66 bits per heavy atom. The summed E-state index contributed by atoms with van der Waals surface area (Å²) in [6.07, 6.45) is -0.822. The van der Waals surface area contributed by atoms with E-state index in [1.54, 1.807) is 19.1 Å². The molecule has 0 radical (unpaired) electrons. The van der Waals surface area contributed by atoms with Gasteiger partial charge in [0.2, 0.25) is 0 Å². The van der Waals surface area contributed by atoms with Crippen molar-refractivity contribution in [3.8, 4) is 0 Å². The number of thiocarbonyl (C=S) groups is 2. The second-order valence-corrected chi connectivity index (χ2v) is 9.89. The van der Waals surface area contributed by atoms with Crippen LogP contribution in [0.5, 0.6) is 0 Å². The lowest BCUT2D eigenvalue weighted by Crippen LogP contribution is -2.48. The third-order valence-electron chi connectivity index (χ3n) is 5.41. The molecular formula is C21H22ClFN4O2S3. The number of carbonyl (C=O) groups is 1. The van der Waals surface area contributed by atoms with E-state index in [9.17, 15) is 9.18 Å². The zero-order chi connectivity index (χ0) is 22.8. The lowest BCUT2D eigenvalue weighted by Gasteiger charge is -2.37. The second-order valence-electron chi connectivity index (χ2n) is 7.57. The minimum absolute atomic E-state index is 0.336. The van der Waals surface area contributed by atoms with Crippen LogP contribution in [0.3, 0.4) is 0 Å². The van der Waals surface area contributed by atoms with E-state index in [4.69, 9.17) is 40.8 Å². The van der Waals surface area contributed by atoms with Gasteiger partial charge in [-0.1, -0.05) is 36.0 Å². The smallest absolute Gasteiger partial charge is 0.414 e. The Balaban J connectivity index is 1.38. The van der Waals surface area contributed by atoms with Crippen molar-refractivity contribution in [1.29, 1.82) is 0 Å². The van der Waals surface area contributed by atoms with Gasteiger partial charge in [0.05, 0.1) is 39.4 Å². The first-order chi connectivity index (χ1) is 15.3. The minimum atomic E-state index is -0.486. The zero-order valence-corrected chi connectivity index (χ0v) is 20.6. The van der Waals surface area contributed by atoms with E-state index in [2.05, 4.69) is 10.2 Å². The number of nitrogens with zero attached hydrogens (tertiary/aromatic N) is 3. The number of thiophene rings is 1. The molecule has 0 bridgehead atoms. The van der Waals surface area contributed by atoms with Gasteiger partial charge in [-0.25, -0.2) is 9.18 Å². The van der Waals surface area contributed by atoms with E-state index in [0.717, 1.165) is 9.87 Å². The number of hydrogen-bond donors (Lipinski definition) is 1. The Labute approximate surface area is 205 Å². The summed E-state index contributed by atoms with van der Waals surface area (Å²) in [6, 6.07) is 6.70. The first kappa shape index (κ1) is 23.2. The average molecular weight is 513 g/mol. The lowest BCUT2D eigenvalue weighted by atomic mass is 10.2. The Kier molecular flexibility index (Phi) is 7.14. The second kappa shape index (κ2) is 9.86. The number of piperazine rings is 1. The van der Waals surface area contributed by atoms with E-state index in [1.165, 1.54) is 22.3 Å². The van der Waals surface area contributed by atoms with Gasteiger partial charge in [-0.3, -0.25) is 4.90 Å². The normalized spacial score (nSPS) is 18.7. The Morgan fingerprint density at radius 1 is 1.28 bits per heavy atom. The minimum Gasteiger partial charge on any atom is -0.442 e. The lowest BCUT2D eigenvalue weighted by molar-refractivity contribution is 0.143. The van der Waals surface area contributed by atoms with E-state index in [0.29, 0.717) is 60.7 Å². The fraction of sp³-hybridized carbons (Fsp3) is 0.381. The van der Waals surface area contributed by atoms with Gasteiger partial charge < -0.3 is 19.9 Å². The molecule has 0 aliphatic carbocycles. The molecule has 6 nitrogen and oxygen atoms in total. The fourth-order valence-corrected chi connectivity index (χ4v) is 5.44. The van der Waals surface area contributed by atoms with Gasteiger partial charge in [-0.05, 0) is 36.6 Å². The molecule has 1 N–H and O–H groups in total. The molecule has 1 unspecified atom stereocenters. The molecule has 170 valence electrons. The van der Waals surface area contributed by atoms with Gasteiger partial charge in [0.25, 0.3) is 0 Å². The maximum atomic E-state index is 15.0. The molecule has 2 aliphatic rings. The molecule has 1 amide bonds. The third-order valence-corrected chi connectivity index (χ3v) is 7.50. The summed E-state index contributed by atoms with van der Waals surface area (Å²) in [5.41, 5.74) is 0.987. The van der Waals surface area contributed by atoms with Crippen molar-refractivity contribution in [3.63, 3.8) is 0 Å². The topological polar surface area (TPSA) is 48.0 Å². The molecule has 3 heterocycles. The molecule has 1 aromatic heterocycles. The first-order valence-corrected chi connectivity index (χ1v) is 12.2. The number of amides is 1. The van der Waals surface area contributed by atoms with Crippen LogP contribution in [0.15, 0.2) is 29.6 Å². The van der Waals surface area contributed by atoms with Crippen LogP contribution in [-0.4, -0.2) is 66.3 Å². The van der Waals surface area contributed by atoms with Crippen LogP contribution in [0.25, 0.3) is 0 Å². The van der Waals surface area contributed by atoms with Crippen molar-refractivity contribution in [2.75, 3.05) is 49.1 Å². The molecule has 0 spiro atoms. The fourth-order valence-electron chi connectivity index (χ4n) is 3.76. The highest BCUT2D eigenvalue weighted by atomic mass is 35.5. The van der Waals surface area contributed by atoms with Crippen LogP contribution >= 0.6 is 47.4 Å². The van der Waals surface area contributed by atoms with Crippen LogP contribution in [0.4, 0.5) is 20.6 Å². The van der Waals surface area contributed by atoms with E-state index >= 15 is 0 Å². The van der Waals surface area contributed by atoms with Crippen LogP contribution in [-0.2, 0) is 4.74 Å². The maximum absolute atomic E-state index is 15.0. The number of anilines is 2. The Bertz CT molecular complexity index is 1040. The first-order valence-electron chi connectivity index (χ1n) is 10.1. The third kappa shape index (κ3) is 4.98. The van der Waals surface area contributed by atoms with E-state index in [1.807, 2.05) is 16.3 Å². The quantitative estimate of drug-likeness (QED) is 0.599. The van der Waals surface area contributed by atoms with E-state index in [-0.39, 0.29) is 11.9 Å². The summed E-state index contributed by atoms with van der Waals surface area (Å²) in [7, 11) is 0. The molecule has 32 heavy (non-hydrogen) atoms. The Morgan fingerprint density at radius 2 is 2.03 bits per heavy atom. The van der Waals surface area contributed by atoms with Crippen molar-refractivity contribution in [1.82, 2.24) is 10.2 Å². The summed E-state index contributed by atoms with van der Waals surface area (Å²) in [5.74, 6) is -0.371. The van der Waals surface area contributed by atoms with Gasteiger partial charge in [-0.2, -0.15) is 0 Å². The van der Waals surface area contributed by atoms with Crippen LogP contribution < -0.4 is 15.1 Å². The summed E-state index contributed by atoms with van der Waals surface area (Å²) in [4.78, 5) is 20.0. The largest absolute Gasteiger partial charge is 0.442 e. The molecule has 0 saturated carbocycles. The number of benzene rings is 1. The SMILES string of the molecule is CC(=S)NCC1CN(c2ccc(N3CCN(C(=S)c4sccc4Cl)CC3)c(F)c2)C(=O)O1. The summed E-state index contributed by atoms with van der Waals surface area (Å²) in [5, 5.41) is 5.58. The van der Waals surface area contributed by atoms with Crippen molar-refractivity contribution < 1.29 is 13.9 Å².